The molecule has 2 aliphatic rings. The summed E-state index contributed by atoms with van der Waals surface area (Å²) in [6.45, 7) is 2.87. The molecule has 20 heavy (non-hydrogen) atoms. The van der Waals surface area contributed by atoms with Crippen LogP contribution in [0.15, 0.2) is 0 Å². The van der Waals surface area contributed by atoms with Gasteiger partial charge in [0.05, 0.1) is 13.1 Å². The van der Waals surface area contributed by atoms with Gasteiger partial charge in [0.15, 0.2) is 0 Å². The molecular formula is C13H18N2O5. The summed E-state index contributed by atoms with van der Waals surface area (Å²) in [5.74, 6) is -1.37. The molecule has 0 spiro atoms. The molecule has 7 heteroatoms. The minimum atomic E-state index is -0.547. The van der Waals surface area contributed by atoms with Gasteiger partial charge in [-0.2, -0.15) is 0 Å². The van der Waals surface area contributed by atoms with Gasteiger partial charge in [-0.25, -0.2) is 0 Å². The van der Waals surface area contributed by atoms with Gasteiger partial charge in [-0.05, 0) is 25.8 Å². The van der Waals surface area contributed by atoms with Crippen molar-refractivity contribution < 1.29 is 23.9 Å². The first-order chi connectivity index (χ1) is 9.49. The third kappa shape index (κ3) is 3.41. The van der Waals surface area contributed by atoms with Crippen molar-refractivity contribution in [2.24, 2.45) is 5.92 Å². The van der Waals surface area contributed by atoms with E-state index >= 15 is 0 Å². The first-order valence-electron chi connectivity index (χ1n) is 6.78. The van der Waals surface area contributed by atoms with Crippen LogP contribution in [0.5, 0.6) is 0 Å². The molecule has 2 rings (SSSR count). The summed E-state index contributed by atoms with van der Waals surface area (Å²) in [6, 6.07) is 0. The number of amides is 2. The number of morpholine rings is 1. The zero-order chi connectivity index (χ0) is 14.7. The molecule has 0 unspecified atom stereocenters. The molecule has 0 aliphatic carbocycles. The molecule has 2 amide bonds. The number of likely N-dealkylation sites (tertiary alicyclic amines) is 1. The van der Waals surface area contributed by atoms with Crippen molar-refractivity contribution in [3.63, 3.8) is 0 Å². The molecule has 2 aliphatic heterocycles. The molecule has 2 fully saturated rings. The Bertz CT molecular complexity index is 414. The van der Waals surface area contributed by atoms with Crippen LogP contribution < -0.4 is 0 Å². The van der Waals surface area contributed by atoms with Gasteiger partial charge in [-0.15, -0.1) is 0 Å². The van der Waals surface area contributed by atoms with E-state index in [2.05, 4.69) is 4.74 Å². The Kier molecular flexibility index (Phi) is 4.49. The molecule has 0 aromatic carbocycles. The molecule has 0 radical (unpaired) electrons. The lowest BCUT2D eigenvalue weighted by atomic mass is 9.92. The van der Waals surface area contributed by atoms with Crippen molar-refractivity contribution in [1.29, 1.82) is 0 Å². The summed E-state index contributed by atoms with van der Waals surface area (Å²) in [7, 11) is 0. The van der Waals surface area contributed by atoms with Crippen molar-refractivity contribution in [3.8, 4) is 0 Å². The van der Waals surface area contributed by atoms with Crippen LogP contribution in [0.4, 0.5) is 0 Å². The summed E-state index contributed by atoms with van der Waals surface area (Å²) >= 11 is 0. The van der Waals surface area contributed by atoms with Crippen LogP contribution in [0.3, 0.4) is 0 Å². The first-order valence-corrected chi connectivity index (χ1v) is 6.78. The zero-order valence-corrected chi connectivity index (χ0v) is 11.5. The molecule has 7 nitrogen and oxygen atoms in total. The number of nitrogens with zero attached hydrogens (tertiary/aromatic N) is 2. The Labute approximate surface area is 116 Å². The number of imide groups is 1. The van der Waals surface area contributed by atoms with Gasteiger partial charge in [-0.3, -0.25) is 29.0 Å². The van der Waals surface area contributed by atoms with E-state index in [0.29, 0.717) is 32.4 Å². The summed E-state index contributed by atoms with van der Waals surface area (Å²) in [4.78, 5) is 48.7. The van der Waals surface area contributed by atoms with Gasteiger partial charge >= 0.3 is 11.9 Å². The maximum absolute atomic E-state index is 11.8. The van der Waals surface area contributed by atoms with E-state index in [1.54, 1.807) is 11.8 Å². The molecule has 2 saturated heterocycles. The van der Waals surface area contributed by atoms with Gasteiger partial charge < -0.3 is 4.74 Å². The van der Waals surface area contributed by atoms with Crippen LogP contribution in [0.25, 0.3) is 0 Å². The quantitative estimate of drug-likeness (QED) is 0.394. The molecule has 0 N–H and O–H groups in total. The highest BCUT2D eigenvalue weighted by molar-refractivity contribution is 5.97. The fraction of sp³-hybridized carbons (Fsp3) is 0.692. The first kappa shape index (κ1) is 14.6. The van der Waals surface area contributed by atoms with Crippen LogP contribution in [-0.4, -0.2) is 59.7 Å². The monoisotopic (exact) mass is 282 g/mol. The van der Waals surface area contributed by atoms with Crippen LogP contribution in [0, 0.1) is 5.92 Å². The van der Waals surface area contributed by atoms with E-state index in [1.165, 1.54) is 4.90 Å². The second kappa shape index (κ2) is 6.13. The Morgan fingerprint density at radius 3 is 2.10 bits per heavy atom. The van der Waals surface area contributed by atoms with Gasteiger partial charge in [0.2, 0.25) is 11.8 Å². The Morgan fingerprint density at radius 1 is 1.05 bits per heavy atom. The van der Waals surface area contributed by atoms with Crippen molar-refractivity contribution in [2.45, 2.75) is 26.2 Å². The largest absolute Gasteiger partial charge is 0.391 e. The highest BCUT2D eigenvalue weighted by atomic mass is 16.6. The predicted molar refractivity (Wildman–Crippen MR) is 67.3 cm³/mol. The minimum Gasteiger partial charge on any atom is -0.391 e. The minimum absolute atomic E-state index is 0.00847. The number of carbonyl (C=O) groups is 4. The fourth-order valence-corrected chi connectivity index (χ4v) is 2.62. The molecule has 0 bridgehead atoms. The number of ether oxygens (including phenoxy) is 1. The maximum Gasteiger partial charge on any atom is 0.327 e. The van der Waals surface area contributed by atoms with Gasteiger partial charge in [0.25, 0.3) is 0 Å². The van der Waals surface area contributed by atoms with Crippen molar-refractivity contribution in [3.05, 3.63) is 0 Å². The SMILES string of the molecule is CCN1C(=O)CC(CCN2CC(=O)OC(=O)C2)CC1=O. The average molecular weight is 282 g/mol. The van der Waals surface area contributed by atoms with Crippen molar-refractivity contribution in [2.75, 3.05) is 26.2 Å². The molecule has 0 saturated carbocycles. The summed E-state index contributed by atoms with van der Waals surface area (Å²) in [5.41, 5.74) is 0. The van der Waals surface area contributed by atoms with Gasteiger partial charge in [-0.1, -0.05) is 0 Å². The maximum atomic E-state index is 11.8. The Balaban J connectivity index is 1.83. The van der Waals surface area contributed by atoms with Crippen LogP contribution in [-0.2, 0) is 23.9 Å². The second-order valence-electron chi connectivity index (χ2n) is 5.15. The van der Waals surface area contributed by atoms with E-state index in [4.69, 9.17) is 0 Å². The lowest BCUT2D eigenvalue weighted by molar-refractivity contribution is -0.167. The van der Waals surface area contributed by atoms with E-state index in [1.807, 2.05) is 0 Å². The third-order valence-corrected chi connectivity index (χ3v) is 3.63. The van der Waals surface area contributed by atoms with Crippen LogP contribution in [0.2, 0.25) is 0 Å². The Morgan fingerprint density at radius 2 is 1.60 bits per heavy atom. The molecule has 0 atom stereocenters. The van der Waals surface area contributed by atoms with E-state index in [0.717, 1.165) is 0 Å². The summed E-state index contributed by atoms with van der Waals surface area (Å²) in [6.07, 6.45) is 1.33. The van der Waals surface area contributed by atoms with E-state index < -0.39 is 11.9 Å². The van der Waals surface area contributed by atoms with Crippen LogP contribution >= 0.6 is 0 Å². The number of cyclic esters (lactones) is 2. The zero-order valence-electron chi connectivity index (χ0n) is 11.5. The number of rotatable bonds is 4. The average Bonchev–Trinajstić information content (AvgIpc) is 2.35. The molecule has 0 aromatic heterocycles. The van der Waals surface area contributed by atoms with E-state index in [-0.39, 0.29) is 30.8 Å². The normalized spacial score (nSPS) is 22.4. The highest BCUT2D eigenvalue weighted by Crippen LogP contribution is 2.23. The smallest absolute Gasteiger partial charge is 0.327 e. The molecule has 0 aromatic rings. The van der Waals surface area contributed by atoms with Crippen molar-refractivity contribution in [1.82, 2.24) is 9.80 Å². The van der Waals surface area contributed by atoms with Gasteiger partial charge in [0, 0.05) is 19.4 Å². The number of hydrogen-bond acceptors (Lipinski definition) is 6. The van der Waals surface area contributed by atoms with Gasteiger partial charge in [0.1, 0.15) is 0 Å². The predicted octanol–water partition coefficient (Wildman–Crippen LogP) is -0.453. The number of esters is 2. The second-order valence-corrected chi connectivity index (χ2v) is 5.15. The highest BCUT2D eigenvalue weighted by Gasteiger charge is 2.32. The topological polar surface area (TPSA) is 84.0 Å². The standard InChI is InChI=1S/C13H18N2O5/c1-2-15-10(16)5-9(6-11(15)17)3-4-14-7-12(18)20-13(19)8-14/h9H,2-8H2,1H3. The fourth-order valence-electron chi connectivity index (χ4n) is 2.62. The number of carbonyl (C=O) groups excluding carboxylic acids is 4. The van der Waals surface area contributed by atoms with Crippen LogP contribution in [0.1, 0.15) is 26.2 Å². The lowest BCUT2D eigenvalue weighted by Gasteiger charge is -2.31. The van der Waals surface area contributed by atoms with E-state index in [9.17, 15) is 19.2 Å². The molecule has 110 valence electrons. The summed E-state index contributed by atoms with van der Waals surface area (Å²) < 4.78 is 4.44. The van der Waals surface area contributed by atoms with Crippen molar-refractivity contribution >= 4 is 23.8 Å². The molecular weight excluding hydrogens is 264 g/mol. The molecule has 2 heterocycles. The lowest BCUT2D eigenvalue weighted by Crippen LogP contribution is -2.45. The third-order valence-electron chi connectivity index (χ3n) is 3.63. The number of piperidine rings is 1. The Hall–Kier alpha value is -1.76. The number of hydrogen-bond donors (Lipinski definition) is 0. The summed E-state index contributed by atoms with van der Waals surface area (Å²) in [5, 5.41) is 0.